The zero-order valence-corrected chi connectivity index (χ0v) is 29.2. The van der Waals surface area contributed by atoms with Crippen LogP contribution in [0.5, 0.6) is 0 Å². The van der Waals surface area contributed by atoms with E-state index in [9.17, 15) is 43.8 Å². The lowest BCUT2D eigenvalue weighted by Crippen LogP contribution is -2.60. The van der Waals surface area contributed by atoms with Crippen molar-refractivity contribution in [3.05, 3.63) is 29.8 Å². The average molecular weight is 716 g/mol. The minimum absolute atomic E-state index is 0.0793. The SMILES string of the molecule is CC(C)C[C@@H]1NC(=O)[C@@H](NC(=O)CN2CCCC2=O)Cc2c([nH]c3ccccc23)SC[C@@H](C(=O)O)NC(=O)[C@H]([C@@H](C)O)NC(=O)[C@@H](C)NC1=O. The van der Waals surface area contributed by atoms with Crippen molar-refractivity contribution in [3.8, 4) is 0 Å². The highest BCUT2D eigenvalue weighted by Crippen LogP contribution is 2.31. The highest BCUT2D eigenvalue weighted by molar-refractivity contribution is 7.99. The first-order valence-electron chi connectivity index (χ1n) is 16.6. The van der Waals surface area contributed by atoms with Crippen LogP contribution in [-0.2, 0) is 40.0 Å². The van der Waals surface area contributed by atoms with Crippen molar-refractivity contribution in [1.29, 1.82) is 0 Å². The Morgan fingerprint density at radius 3 is 2.34 bits per heavy atom. The van der Waals surface area contributed by atoms with Gasteiger partial charge < -0.3 is 46.7 Å². The van der Waals surface area contributed by atoms with Crippen LogP contribution in [0.1, 0.15) is 52.5 Å². The summed E-state index contributed by atoms with van der Waals surface area (Å²) in [6.45, 7) is 6.46. The molecule has 4 rings (SSSR count). The smallest absolute Gasteiger partial charge is 0.327 e. The van der Waals surface area contributed by atoms with Crippen LogP contribution in [0.2, 0.25) is 0 Å². The van der Waals surface area contributed by atoms with Gasteiger partial charge in [-0.2, -0.15) is 0 Å². The molecule has 2 aromatic rings. The van der Waals surface area contributed by atoms with Gasteiger partial charge in [-0.15, -0.1) is 11.8 Å². The van der Waals surface area contributed by atoms with Crippen LogP contribution in [0, 0.1) is 5.92 Å². The number of rotatable bonds is 7. The van der Waals surface area contributed by atoms with E-state index in [0.29, 0.717) is 40.9 Å². The molecule has 1 saturated heterocycles. The number of H-pyrrole nitrogens is 1. The minimum Gasteiger partial charge on any atom is -0.480 e. The summed E-state index contributed by atoms with van der Waals surface area (Å²) < 4.78 is 0. The van der Waals surface area contributed by atoms with Crippen LogP contribution in [-0.4, -0.2) is 117 Å². The van der Waals surface area contributed by atoms with E-state index in [-0.39, 0.29) is 37.0 Å². The predicted molar refractivity (Wildman–Crippen MR) is 183 cm³/mol. The zero-order valence-electron chi connectivity index (χ0n) is 28.4. The van der Waals surface area contributed by atoms with Crippen molar-refractivity contribution in [2.75, 3.05) is 18.8 Å². The number of carbonyl (C=O) groups excluding carboxylic acids is 6. The van der Waals surface area contributed by atoms with E-state index in [4.69, 9.17) is 0 Å². The second kappa shape index (κ2) is 16.8. The van der Waals surface area contributed by atoms with Gasteiger partial charge in [0.15, 0.2) is 0 Å². The van der Waals surface area contributed by atoms with E-state index in [0.717, 1.165) is 11.8 Å². The largest absolute Gasteiger partial charge is 0.480 e. The Morgan fingerprint density at radius 2 is 1.70 bits per heavy atom. The van der Waals surface area contributed by atoms with Gasteiger partial charge >= 0.3 is 5.97 Å². The molecule has 6 amide bonds. The number of aliphatic hydroxyl groups is 1. The maximum atomic E-state index is 14.1. The molecule has 1 aromatic heterocycles. The number of aliphatic hydroxyl groups excluding tert-OH is 1. The van der Waals surface area contributed by atoms with Crippen molar-refractivity contribution in [2.45, 2.75) is 94.7 Å². The molecule has 2 aliphatic rings. The standard InChI is InChI=1S/C33H45N7O9S/c1-16(2)12-22-29(45)34-17(3)28(44)39-27(18(4)41)31(47)37-24(33(48)49)15-50-32-20(19-8-5-6-9-21(19)38-32)13-23(30(46)36-22)35-25(42)14-40-11-7-10-26(40)43/h5-6,8-9,16-18,22-24,27,38,41H,7,10-15H2,1-4H3,(H,34,45)(H,35,42)(H,36,46)(H,37,47)(H,39,44)(H,48,49)/t17-,18-,22+,23+,24+,27+/m1/s1. The number of likely N-dealkylation sites (tertiary alicyclic amines) is 1. The van der Waals surface area contributed by atoms with E-state index in [1.807, 2.05) is 13.8 Å². The number of hydrogen-bond acceptors (Lipinski definition) is 9. The first kappa shape index (κ1) is 38.2. The number of amides is 6. The number of aromatic amines is 1. The molecule has 0 bridgehead atoms. The third-order valence-electron chi connectivity index (χ3n) is 8.50. The molecule has 0 aliphatic carbocycles. The third kappa shape index (κ3) is 9.74. The zero-order chi connectivity index (χ0) is 36.7. The molecule has 6 atom stereocenters. The molecule has 0 spiro atoms. The molecule has 0 saturated carbocycles. The maximum Gasteiger partial charge on any atom is 0.327 e. The summed E-state index contributed by atoms with van der Waals surface area (Å²) in [6.07, 6.45) is -0.378. The van der Waals surface area contributed by atoms with Gasteiger partial charge in [-0.05, 0) is 44.2 Å². The quantitative estimate of drug-likeness (QED) is 0.181. The normalized spacial score (nSPS) is 25.1. The van der Waals surface area contributed by atoms with Gasteiger partial charge in [-0.3, -0.25) is 28.8 Å². The minimum atomic E-state index is -1.54. The molecule has 16 nitrogen and oxygen atoms in total. The molecule has 1 fully saturated rings. The predicted octanol–water partition coefficient (Wildman–Crippen LogP) is -0.606. The number of nitrogens with zero attached hydrogens (tertiary/aromatic N) is 1. The Kier molecular flexibility index (Phi) is 12.9. The number of carboxylic acid groups (broad SMARTS) is 1. The second-order valence-electron chi connectivity index (χ2n) is 13.1. The highest BCUT2D eigenvalue weighted by atomic mass is 32.2. The Labute approximate surface area is 293 Å². The number of hydrogen-bond donors (Lipinski definition) is 8. The van der Waals surface area contributed by atoms with Crippen LogP contribution in [0.25, 0.3) is 10.9 Å². The highest BCUT2D eigenvalue weighted by Gasteiger charge is 2.35. The van der Waals surface area contributed by atoms with E-state index >= 15 is 0 Å². The topological polar surface area (TPSA) is 239 Å². The number of aliphatic carboxylic acids is 1. The first-order chi connectivity index (χ1) is 23.6. The Bertz CT molecular complexity index is 1630. The number of fused-ring (bicyclic) bond motifs is 3. The Hall–Kier alpha value is -4.64. The van der Waals surface area contributed by atoms with Crippen LogP contribution in [0.15, 0.2) is 29.3 Å². The van der Waals surface area contributed by atoms with Crippen LogP contribution < -0.4 is 26.6 Å². The summed E-state index contributed by atoms with van der Waals surface area (Å²) in [5.74, 6) is -5.54. The summed E-state index contributed by atoms with van der Waals surface area (Å²) in [7, 11) is 0. The van der Waals surface area contributed by atoms with E-state index in [1.165, 1.54) is 18.7 Å². The van der Waals surface area contributed by atoms with Gasteiger partial charge in [0.2, 0.25) is 35.4 Å². The van der Waals surface area contributed by atoms with Gasteiger partial charge in [-0.1, -0.05) is 32.0 Å². The van der Waals surface area contributed by atoms with Crippen molar-refractivity contribution < 1.29 is 43.8 Å². The first-order valence-corrected chi connectivity index (χ1v) is 17.5. The second-order valence-corrected chi connectivity index (χ2v) is 14.1. The van der Waals surface area contributed by atoms with E-state index in [1.54, 1.807) is 24.3 Å². The fourth-order valence-electron chi connectivity index (χ4n) is 5.84. The number of para-hydroxylation sites is 1. The number of carbonyl (C=O) groups is 7. The number of aromatic nitrogens is 1. The number of thioether (sulfide) groups is 1. The summed E-state index contributed by atoms with van der Waals surface area (Å²) >= 11 is 1.06. The molecular weight excluding hydrogens is 670 g/mol. The summed E-state index contributed by atoms with van der Waals surface area (Å²) in [5.41, 5.74) is 1.25. The molecule has 50 heavy (non-hydrogen) atoms. The molecule has 272 valence electrons. The lowest BCUT2D eigenvalue weighted by atomic mass is 10.0. The molecule has 2 aliphatic heterocycles. The van der Waals surface area contributed by atoms with Crippen molar-refractivity contribution in [2.24, 2.45) is 5.92 Å². The fraction of sp³-hybridized carbons (Fsp3) is 0.545. The van der Waals surface area contributed by atoms with E-state index in [2.05, 4.69) is 31.6 Å². The molecule has 17 heteroatoms. The van der Waals surface area contributed by atoms with Crippen molar-refractivity contribution in [1.82, 2.24) is 36.5 Å². The molecule has 0 unspecified atom stereocenters. The van der Waals surface area contributed by atoms with Crippen molar-refractivity contribution >= 4 is 64.1 Å². The molecular formula is C33H45N7O9S. The van der Waals surface area contributed by atoms with Gasteiger partial charge in [0.05, 0.1) is 17.7 Å². The Morgan fingerprint density at radius 1 is 0.980 bits per heavy atom. The van der Waals surface area contributed by atoms with Crippen LogP contribution >= 0.6 is 11.8 Å². The molecule has 8 N–H and O–H groups in total. The number of benzene rings is 1. The molecule has 3 heterocycles. The summed E-state index contributed by atoms with van der Waals surface area (Å²) in [6, 6.07) is 0.587. The molecule has 0 radical (unpaired) electrons. The molecule has 1 aromatic carbocycles. The van der Waals surface area contributed by atoms with Gasteiger partial charge in [0.25, 0.3) is 0 Å². The Balaban J connectivity index is 1.76. The van der Waals surface area contributed by atoms with Crippen LogP contribution in [0.4, 0.5) is 0 Å². The monoisotopic (exact) mass is 715 g/mol. The number of carboxylic acids is 1. The lowest BCUT2D eigenvalue weighted by molar-refractivity contribution is -0.142. The van der Waals surface area contributed by atoms with Gasteiger partial charge in [0, 0.05) is 36.0 Å². The maximum absolute atomic E-state index is 14.1. The lowest BCUT2D eigenvalue weighted by Gasteiger charge is -2.27. The summed E-state index contributed by atoms with van der Waals surface area (Å²) in [4.78, 5) is 96.3. The van der Waals surface area contributed by atoms with Crippen LogP contribution in [0.3, 0.4) is 0 Å². The summed E-state index contributed by atoms with van der Waals surface area (Å²) in [5, 5.41) is 34.3. The van der Waals surface area contributed by atoms with Gasteiger partial charge in [0.1, 0.15) is 30.2 Å². The third-order valence-corrected chi connectivity index (χ3v) is 9.64. The van der Waals surface area contributed by atoms with Crippen molar-refractivity contribution in [3.63, 3.8) is 0 Å². The van der Waals surface area contributed by atoms with Gasteiger partial charge in [-0.25, -0.2) is 4.79 Å². The average Bonchev–Trinajstić information content (AvgIpc) is 3.61. The van der Waals surface area contributed by atoms with E-state index < -0.39 is 71.8 Å². The number of nitrogens with one attached hydrogen (secondary N) is 6. The fourth-order valence-corrected chi connectivity index (χ4v) is 6.95.